The Morgan fingerprint density at radius 1 is 1.36 bits per heavy atom. The molecule has 14 heavy (non-hydrogen) atoms. The fourth-order valence-electron chi connectivity index (χ4n) is 1.78. The van der Waals surface area contributed by atoms with Crippen molar-refractivity contribution in [2.24, 2.45) is 0 Å². The van der Waals surface area contributed by atoms with E-state index < -0.39 is 0 Å². The van der Waals surface area contributed by atoms with Crippen LogP contribution >= 0.6 is 31.1 Å². The Kier molecular flexibility index (Phi) is 3.07. The van der Waals surface area contributed by atoms with Crippen molar-refractivity contribution in [1.82, 2.24) is 0 Å². The van der Waals surface area contributed by atoms with Crippen molar-refractivity contribution in [3.63, 3.8) is 0 Å². The van der Waals surface area contributed by atoms with E-state index in [-0.39, 0.29) is 17.9 Å². The lowest BCUT2D eigenvalue weighted by Gasteiger charge is -2.22. The van der Waals surface area contributed by atoms with E-state index >= 15 is 0 Å². The van der Waals surface area contributed by atoms with Crippen LogP contribution in [-0.4, -0.2) is 16.2 Å². The van der Waals surface area contributed by atoms with Gasteiger partial charge in [-0.15, -0.1) is 23.2 Å². The Hall–Kier alpha value is 0.230. The summed E-state index contributed by atoms with van der Waals surface area (Å²) in [5, 5.41) is 1.49. The zero-order chi connectivity index (χ0) is 10.2. The van der Waals surface area contributed by atoms with Gasteiger partial charge in [-0.3, -0.25) is 0 Å². The smallest absolute Gasteiger partial charge is 0.0762 e. The quantitative estimate of drug-likeness (QED) is 0.523. The maximum absolute atomic E-state index is 6.40. The molecular formula is C11H13Cl2P. The molecule has 2 rings (SSSR count). The monoisotopic (exact) mass is 246 g/mol. The highest BCUT2D eigenvalue weighted by atomic mass is 35.5. The van der Waals surface area contributed by atoms with Gasteiger partial charge in [0, 0.05) is 0 Å². The molecule has 0 nitrogen and oxygen atoms in total. The number of rotatable bonds is 1. The molecule has 1 aromatic carbocycles. The van der Waals surface area contributed by atoms with Gasteiger partial charge in [0.05, 0.1) is 9.99 Å². The van der Waals surface area contributed by atoms with Crippen LogP contribution in [0.4, 0.5) is 0 Å². The third-order valence-corrected chi connectivity index (χ3v) is 7.34. The molecule has 0 aromatic heterocycles. The van der Waals surface area contributed by atoms with Gasteiger partial charge >= 0.3 is 0 Å². The Bertz CT molecular complexity index is 310. The van der Waals surface area contributed by atoms with Crippen LogP contribution in [0.2, 0.25) is 0 Å². The largest absolute Gasteiger partial charge is 0.118 e. The summed E-state index contributed by atoms with van der Waals surface area (Å²) in [6.45, 7) is 2.05. The Morgan fingerprint density at radius 2 is 2.00 bits per heavy atom. The number of alkyl halides is 2. The first kappa shape index (κ1) is 10.7. The molecule has 3 unspecified atom stereocenters. The number of halogens is 2. The highest BCUT2D eigenvalue weighted by Gasteiger charge is 2.43. The van der Waals surface area contributed by atoms with Crippen LogP contribution in [0.25, 0.3) is 0 Å². The topological polar surface area (TPSA) is 0 Å². The maximum Gasteiger partial charge on any atom is 0.0762 e. The molecule has 0 N–H and O–H groups in total. The summed E-state index contributed by atoms with van der Waals surface area (Å²) in [4.78, 5) is -0.205. The van der Waals surface area contributed by atoms with Crippen molar-refractivity contribution in [2.75, 3.05) is 6.16 Å². The van der Waals surface area contributed by atoms with Crippen LogP contribution in [-0.2, 0) is 0 Å². The standard InChI is InChI=1S/C11H13Cl2P/c1-11(13)7-8-14(10(11)12)9-5-3-2-4-6-9/h2-6,10H,7-8H2,1H3. The molecule has 0 bridgehead atoms. The van der Waals surface area contributed by atoms with Crippen LogP contribution in [0.1, 0.15) is 13.3 Å². The van der Waals surface area contributed by atoms with Crippen molar-refractivity contribution < 1.29 is 0 Å². The second-order valence-electron chi connectivity index (χ2n) is 3.89. The lowest BCUT2D eigenvalue weighted by atomic mass is 10.1. The molecule has 1 saturated heterocycles. The highest BCUT2D eigenvalue weighted by molar-refractivity contribution is 7.68. The lowest BCUT2D eigenvalue weighted by Crippen LogP contribution is -2.22. The van der Waals surface area contributed by atoms with Gasteiger partial charge in [0.1, 0.15) is 0 Å². The number of hydrogen-bond donors (Lipinski definition) is 0. The van der Waals surface area contributed by atoms with Crippen LogP contribution in [0, 0.1) is 0 Å². The molecule has 0 saturated carbocycles. The van der Waals surface area contributed by atoms with Gasteiger partial charge in [-0.2, -0.15) is 0 Å². The predicted octanol–water partition coefficient (Wildman–Crippen LogP) is 3.76. The SMILES string of the molecule is CC1(Cl)CCP(c2ccccc2)C1Cl. The molecule has 1 aliphatic rings. The molecule has 3 heteroatoms. The van der Waals surface area contributed by atoms with Gasteiger partial charge in [-0.1, -0.05) is 38.3 Å². The molecule has 1 fully saturated rings. The molecule has 1 aliphatic heterocycles. The second kappa shape index (κ2) is 4.00. The Labute approximate surface area is 96.4 Å². The molecule has 0 spiro atoms. The third-order valence-electron chi connectivity index (χ3n) is 2.70. The summed E-state index contributed by atoms with van der Waals surface area (Å²) in [6.07, 6.45) is 2.19. The fraction of sp³-hybridized carbons (Fsp3) is 0.455. The summed E-state index contributed by atoms with van der Waals surface area (Å²) in [6, 6.07) is 10.5. The van der Waals surface area contributed by atoms with Gasteiger partial charge in [0.15, 0.2) is 0 Å². The maximum atomic E-state index is 6.40. The van der Waals surface area contributed by atoms with Crippen LogP contribution in [0.5, 0.6) is 0 Å². The van der Waals surface area contributed by atoms with Crippen molar-refractivity contribution >= 4 is 36.4 Å². The number of benzene rings is 1. The molecule has 1 heterocycles. The average molecular weight is 247 g/mol. The summed E-state index contributed by atoms with van der Waals surface area (Å²) in [5.41, 5.74) is 0. The van der Waals surface area contributed by atoms with Crippen molar-refractivity contribution in [3.8, 4) is 0 Å². The minimum absolute atomic E-state index is 0.113. The lowest BCUT2D eigenvalue weighted by molar-refractivity contribution is 0.689. The van der Waals surface area contributed by atoms with E-state index in [2.05, 4.69) is 31.2 Å². The minimum Gasteiger partial charge on any atom is -0.118 e. The average Bonchev–Trinajstić information content (AvgIpc) is 2.44. The van der Waals surface area contributed by atoms with Crippen LogP contribution in [0.3, 0.4) is 0 Å². The van der Waals surface area contributed by atoms with Crippen molar-refractivity contribution in [1.29, 1.82) is 0 Å². The van der Waals surface area contributed by atoms with E-state index in [4.69, 9.17) is 23.2 Å². The van der Waals surface area contributed by atoms with E-state index in [1.807, 2.05) is 6.07 Å². The van der Waals surface area contributed by atoms with Crippen LogP contribution < -0.4 is 5.30 Å². The Morgan fingerprint density at radius 3 is 2.50 bits per heavy atom. The molecular weight excluding hydrogens is 234 g/mol. The normalized spacial score (nSPS) is 37.4. The zero-order valence-electron chi connectivity index (χ0n) is 8.08. The number of hydrogen-bond acceptors (Lipinski definition) is 0. The first-order valence-corrected chi connectivity index (χ1v) is 7.17. The van der Waals surface area contributed by atoms with E-state index in [0.717, 1.165) is 12.6 Å². The van der Waals surface area contributed by atoms with Crippen LogP contribution in [0.15, 0.2) is 30.3 Å². The van der Waals surface area contributed by atoms with E-state index in [1.54, 1.807) is 0 Å². The summed E-state index contributed by atoms with van der Waals surface area (Å²) >= 11 is 12.7. The first-order valence-electron chi connectivity index (χ1n) is 4.76. The molecule has 1 aromatic rings. The fourth-order valence-corrected chi connectivity index (χ4v) is 5.88. The Balaban J connectivity index is 2.23. The van der Waals surface area contributed by atoms with Crippen molar-refractivity contribution in [3.05, 3.63) is 30.3 Å². The summed E-state index contributed by atoms with van der Waals surface area (Å²) in [7, 11) is -0.256. The molecule has 3 atom stereocenters. The van der Waals surface area contributed by atoms with Crippen molar-refractivity contribution in [2.45, 2.75) is 23.3 Å². The summed E-state index contributed by atoms with van der Waals surface area (Å²) in [5.74, 6) is 0. The molecule has 76 valence electrons. The molecule has 0 amide bonds. The third kappa shape index (κ3) is 1.94. The summed E-state index contributed by atoms with van der Waals surface area (Å²) < 4.78 is 0. The van der Waals surface area contributed by atoms with Gasteiger partial charge < -0.3 is 0 Å². The zero-order valence-corrected chi connectivity index (χ0v) is 10.5. The highest BCUT2D eigenvalue weighted by Crippen LogP contribution is 2.57. The second-order valence-corrected chi connectivity index (χ2v) is 7.92. The van der Waals surface area contributed by atoms with Gasteiger partial charge in [-0.25, -0.2) is 0 Å². The van der Waals surface area contributed by atoms with E-state index in [9.17, 15) is 0 Å². The van der Waals surface area contributed by atoms with E-state index in [1.165, 1.54) is 5.30 Å². The van der Waals surface area contributed by atoms with Gasteiger partial charge in [0.2, 0.25) is 0 Å². The van der Waals surface area contributed by atoms with Gasteiger partial charge in [-0.05, 0) is 24.8 Å². The predicted molar refractivity (Wildman–Crippen MR) is 66.4 cm³/mol. The van der Waals surface area contributed by atoms with E-state index in [0.29, 0.717) is 0 Å². The first-order chi connectivity index (χ1) is 6.61. The molecule has 0 aliphatic carbocycles. The van der Waals surface area contributed by atoms with Gasteiger partial charge in [0.25, 0.3) is 0 Å². The molecule has 0 radical (unpaired) electrons. The minimum atomic E-state index is -0.256.